The number of nitrogens with one attached hydrogen (secondary N) is 1. The van der Waals surface area contributed by atoms with Crippen LogP contribution in [0.1, 0.15) is 11.1 Å². The summed E-state index contributed by atoms with van der Waals surface area (Å²) in [6, 6.07) is 16.0. The van der Waals surface area contributed by atoms with Gasteiger partial charge in [0.2, 0.25) is 0 Å². The van der Waals surface area contributed by atoms with Gasteiger partial charge in [-0.15, -0.1) is 0 Å². The smallest absolute Gasteiger partial charge is 0.261 e. The highest BCUT2D eigenvalue weighted by Crippen LogP contribution is 2.31. The zero-order valence-corrected chi connectivity index (χ0v) is 16.9. The van der Waals surface area contributed by atoms with Crippen molar-refractivity contribution in [2.24, 2.45) is 0 Å². The highest BCUT2D eigenvalue weighted by molar-refractivity contribution is 7.92. The maximum absolute atomic E-state index is 12.7. The van der Waals surface area contributed by atoms with Crippen LogP contribution in [0, 0.1) is 0 Å². The Balaban J connectivity index is 1.88. The molecule has 0 saturated heterocycles. The van der Waals surface area contributed by atoms with Gasteiger partial charge in [0.15, 0.2) is 0 Å². The molecule has 146 valence electrons. The molecule has 0 heterocycles. The zero-order valence-electron chi connectivity index (χ0n) is 14.6. The average Bonchev–Trinajstić information content (AvgIpc) is 2.67. The second-order valence-electron chi connectivity index (χ2n) is 6.11. The summed E-state index contributed by atoms with van der Waals surface area (Å²) in [5.41, 5.74) is 2.76. The van der Waals surface area contributed by atoms with Crippen molar-refractivity contribution in [3.63, 3.8) is 0 Å². The minimum absolute atomic E-state index is 0.0706. The Bertz CT molecular complexity index is 1080. The molecule has 3 aromatic carbocycles. The molecule has 0 radical (unpaired) electrons. The van der Waals surface area contributed by atoms with Crippen LogP contribution < -0.4 is 4.72 Å². The Hall–Kier alpha value is -2.09. The minimum Gasteiger partial charge on any atom is -0.392 e. The van der Waals surface area contributed by atoms with Crippen molar-refractivity contribution in [3.05, 3.63) is 81.8 Å². The monoisotopic (exact) mass is 437 g/mol. The average molecular weight is 438 g/mol. The lowest BCUT2D eigenvalue weighted by Gasteiger charge is -2.12. The molecule has 28 heavy (non-hydrogen) atoms. The van der Waals surface area contributed by atoms with Crippen LogP contribution in [0.25, 0.3) is 11.1 Å². The lowest BCUT2D eigenvalue weighted by molar-refractivity contribution is 0.275. The number of aliphatic hydroxyl groups is 2. The van der Waals surface area contributed by atoms with Gasteiger partial charge < -0.3 is 10.2 Å². The van der Waals surface area contributed by atoms with Gasteiger partial charge in [0.05, 0.1) is 18.1 Å². The third kappa shape index (κ3) is 4.66. The van der Waals surface area contributed by atoms with Crippen molar-refractivity contribution in [3.8, 4) is 11.1 Å². The van der Waals surface area contributed by atoms with Crippen molar-refractivity contribution < 1.29 is 18.6 Å². The van der Waals surface area contributed by atoms with E-state index in [0.29, 0.717) is 21.2 Å². The first-order valence-corrected chi connectivity index (χ1v) is 10.5. The molecule has 0 aliphatic carbocycles. The molecule has 0 aliphatic rings. The zero-order chi connectivity index (χ0) is 20.3. The molecule has 0 atom stereocenters. The quantitative estimate of drug-likeness (QED) is 0.531. The third-order valence-electron chi connectivity index (χ3n) is 4.08. The van der Waals surface area contributed by atoms with Gasteiger partial charge >= 0.3 is 0 Å². The summed E-state index contributed by atoms with van der Waals surface area (Å²) >= 11 is 12.1. The maximum Gasteiger partial charge on any atom is 0.261 e. The molecule has 0 amide bonds. The summed E-state index contributed by atoms with van der Waals surface area (Å²) in [6.07, 6.45) is 0. The Morgan fingerprint density at radius 1 is 0.821 bits per heavy atom. The lowest BCUT2D eigenvalue weighted by Crippen LogP contribution is -2.13. The van der Waals surface area contributed by atoms with Crippen molar-refractivity contribution in [1.82, 2.24) is 0 Å². The molecule has 8 heteroatoms. The molecule has 0 fully saturated rings. The first-order valence-electron chi connectivity index (χ1n) is 8.25. The predicted octanol–water partition coefficient (Wildman–Crippen LogP) is 4.45. The lowest BCUT2D eigenvalue weighted by atomic mass is 10.1. The van der Waals surface area contributed by atoms with E-state index in [1.807, 2.05) is 0 Å². The number of halogens is 2. The maximum atomic E-state index is 12.7. The molecular weight excluding hydrogens is 421 g/mol. The number of benzene rings is 3. The van der Waals surface area contributed by atoms with Gasteiger partial charge in [-0.25, -0.2) is 8.42 Å². The number of anilines is 1. The number of aliphatic hydroxyl groups excluding tert-OH is 2. The van der Waals surface area contributed by atoms with Crippen molar-refractivity contribution in [2.45, 2.75) is 18.1 Å². The topological polar surface area (TPSA) is 86.6 Å². The summed E-state index contributed by atoms with van der Waals surface area (Å²) in [4.78, 5) is 0.0706. The van der Waals surface area contributed by atoms with Gasteiger partial charge in [-0.05, 0) is 53.1 Å². The van der Waals surface area contributed by atoms with Crippen LogP contribution in [0.15, 0.2) is 65.6 Å². The fraction of sp³-hybridized carbons (Fsp3) is 0.100. The fourth-order valence-corrected chi connectivity index (χ4v) is 4.31. The number of hydrogen-bond donors (Lipinski definition) is 3. The van der Waals surface area contributed by atoms with E-state index in [1.165, 1.54) is 24.3 Å². The van der Waals surface area contributed by atoms with E-state index in [4.69, 9.17) is 23.2 Å². The van der Waals surface area contributed by atoms with Gasteiger partial charge in [-0.1, -0.05) is 47.5 Å². The molecule has 0 unspecified atom stereocenters. The van der Waals surface area contributed by atoms with Crippen LogP contribution >= 0.6 is 23.2 Å². The Labute approximate surface area is 173 Å². The van der Waals surface area contributed by atoms with Crippen LogP contribution in [-0.4, -0.2) is 18.6 Å². The highest BCUT2D eigenvalue weighted by Gasteiger charge is 2.15. The van der Waals surface area contributed by atoms with E-state index < -0.39 is 10.0 Å². The van der Waals surface area contributed by atoms with E-state index in [1.54, 1.807) is 36.4 Å². The molecule has 3 rings (SSSR count). The van der Waals surface area contributed by atoms with Crippen LogP contribution in [0.3, 0.4) is 0 Å². The summed E-state index contributed by atoms with van der Waals surface area (Å²) in [7, 11) is -3.85. The Kier molecular flexibility index (Phi) is 6.27. The molecule has 0 spiro atoms. The second-order valence-corrected chi connectivity index (χ2v) is 8.63. The first kappa shape index (κ1) is 20.6. The predicted molar refractivity (Wildman–Crippen MR) is 111 cm³/mol. The van der Waals surface area contributed by atoms with Gasteiger partial charge in [0.25, 0.3) is 10.0 Å². The van der Waals surface area contributed by atoms with E-state index in [-0.39, 0.29) is 23.8 Å². The van der Waals surface area contributed by atoms with E-state index in [2.05, 4.69) is 4.72 Å². The standard InChI is InChI=1S/C20H17Cl2NO4S/c21-16-3-6-19(20(22)10-16)15-1-4-18(5-2-15)28(26,27)23-17-8-13(11-24)7-14(9-17)12-25/h1-10,23-25H,11-12H2. The van der Waals surface area contributed by atoms with Crippen molar-refractivity contribution in [2.75, 3.05) is 4.72 Å². The molecule has 3 aromatic rings. The van der Waals surface area contributed by atoms with Crippen LogP contribution in [-0.2, 0) is 23.2 Å². The normalized spacial score (nSPS) is 11.4. The summed E-state index contributed by atoms with van der Waals surface area (Å²) in [6.45, 7) is -0.530. The van der Waals surface area contributed by atoms with Crippen molar-refractivity contribution in [1.29, 1.82) is 0 Å². The molecule has 0 saturated carbocycles. The van der Waals surface area contributed by atoms with E-state index >= 15 is 0 Å². The molecule has 0 aliphatic heterocycles. The van der Waals surface area contributed by atoms with Crippen LogP contribution in [0.2, 0.25) is 10.0 Å². The molecule has 5 nitrogen and oxygen atoms in total. The summed E-state index contributed by atoms with van der Waals surface area (Å²) in [5, 5.41) is 19.6. The highest BCUT2D eigenvalue weighted by atomic mass is 35.5. The van der Waals surface area contributed by atoms with Crippen LogP contribution in [0.5, 0.6) is 0 Å². The van der Waals surface area contributed by atoms with Crippen LogP contribution in [0.4, 0.5) is 5.69 Å². The van der Waals surface area contributed by atoms with E-state index in [9.17, 15) is 18.6 Å². The number of sulfonamides is 1. The molecule has 0 bridgehead atoms. The summed E-state index contributed by atoms with van der Waals surface area (Å²) in [5.74, 6) is 0. The summed E-state index contributed by atoms with van der Waals surface area (Å²) < 4.78 is 27.8. The Morgan fingerprint density at radius 3 is 1.96 bits per heavy atom. The Morgan fingerprint density at radius 2 is 1.43 bits per heavy atom. The van der Waals surface area contributed by atoms with Gasteiger partial charge in [0.1, 0.15) is 0 Å². The van der Waals surface area contributed by atoms with Gasteiger partial charge in [-0.3, -0.25) is 4.72 Å². The van der Waals surface area contributed by atoms with E-state index in [0.717, 1.165) is 11.1 Å². The molecule has 3 N–H and O–H groups in total. The SMILES string of the molecule is O=S(=O)(Nc1cc(CO)cc(CO)c1)c1ccc(-c2ccc(Cl)cc2Cl)cc1. The minimum atomic E-state index is -3.85. The fourth-order valence-electron chi connectivity index (χ4n) is 2.76. The molecular formula is C20H17Cl2NO4S. The first-order chi connectivity index (χ1) is 13.3. The van der Waals surface area contributed by atoms with Gasteiger partial charge in [0, 0.05) is 21.3 Å². The second kappa shape index (κ2) is 8.51. The molecule has 0 aromatic heterocycles. The number of rotatable bonds is 6. The van der Waals surface area contributed by atoms with Crippen molar-refractivity contribution >= 4 is 38.9 Å². The van der Waals surface area contributed by atoms with Gasteiger partial charge in [-0.2, -0.15) is 0 Å². The largest absolute Gasteiger partial charge is 0.392 e. The third-order valence-corrected chi connectivity index (χ3v) is 6.02. The number of hydrogen-bond acceptors (Lipinski definition) is 4.